The predicted molar refractivity (Wildman–Crippen MR) is 84.2 cm³/mol. The van der Waals surface area contributed by atoms with Gasteiger partial charge in [-0.25, -0.2) is 31.1 Å². The van der Waals surface area contributed by atoms with Gasteiger partial charge < -0.3 is 0 Å². The molecule has 23 heavy (non-hydrogen) atoms. The second-order valence-corrected chi connectivity index (χ2v) is 9.04. The number of primary sulfonamides is 1. The first-order valence-electron chi connectivity index (χ1n) is 7.55. The average Bonchev–Trinajstić information content (AvgIpc) is 2.40. The lowest BCUT2D eigenvalue weighted by Gasteiger charge is -2.21. The first-order valence-corrected chi connectivity index (χ1v) is 10.6. The van der Waals surface area contributed by atoms with Gasteiger partial charge in [0.05, 0.1) is 4.90 Å². The fraction of sp³-hybridized carbons (Fsp3) is 0.571. The Bertz CT molecular complexity index is 755. The van der Waals surface area contributed by atoms with Crippen LogP contribution < -0.4 is 9.86 Å². The summed E-state index contributed by atoms with van der Waals surface area (Å²) >= 11 is 0. The standard InChI is InChI=1S/C14H21FN2O4S2/c15-13-10-12(22(16,18)19)8-9-14(13)23(20,21)17-11-6-4-2-1-3-5-7-11/h8-11,17H,1-7H2,(H2,16,18,19). The first-order chi connectivity index (χ1) is 10.7. The van der Waals surface area contributed by atoms with Gasteiger partial charge >= 0.3 is 0 Å². The molecule has 1 aliphatic carbocycles. The van der Waals surface area contributed by atoms with E-state index in [-0.39, 0.29) is 6.04 Å². The van der Waals surface area contributed by atoms with Gasteiger partial charge in [-0.05, 0) is 31.0 Å². The van der Waals surface area contributed by atoms with Crippen molar-refractivity contribution in [3.8, 4) is 0 Å². The van der Waals surface area contributed by atoms with Crippen molar-refractivity contribution in [1.82, 2.24) is 4.72 Å². The monoisotopic (exact) mass is 364 g/mol. The van der Waals surface area contributed by atoms with Crippen molar-refractivity contribution in [2.45, 2.75) is 60.8 Å². The summed E-state index contributed by atoms with van der Waals surface area (Å²) in [6.07, 6.45) is 6.58. The fourth-order valence-electron chi connectivity index (χ4n) is 2.73. The molecule has 0 bridgehead atoms. The Labute approximate surface area is 136 Å². The highest BCUT2D eigenvalue weighted by atomic mass is 32.2. The SMILES string of the molecule is NS(=O)(=O)c1ccc(S(=O)(=O)NC2CCCCCCC2)c(F)c1. The van der Waals surface area contributed by atoms with Crippen LogP contribution in [-0.4, -0.2) is 22.9 Å². The van der Waals surface area contributed by atoms with Crippen LogP contribution in [0, 0.1) is 5.82 Å². The molecule has 0 aliphatic heterocycles. The van der Waals surface area contributed by atoms with E-state index in [0.29, 0.717) is 6.07 Å². The van der Waals surface area contributed by atoms with Gasteiger partial charge in [-0.2, -0.15) is 0 Å². The average molecular weight is 364 g/mol. The lowest BCUT2D eigenvalue weighted by atomic mass is 9.97. The second kappa shape index (κ2) is 7.25. The molecule has 0 aromatic heterocycles. The molecule has 1 saturated carbocycles. The van der Waals surface area contributed by atoms with Crippen LogP contribution in [0.15, 0.2) is 28.0 Å². The first kappa shape index (κ1) is 18.3. The van der Waals surface area contributed by atoms with Crippen molar-refractivity contribution in [3.05, 3.63) is 24.0 Å². The normalized spacial score (nSPS) is 18.3. The van der Waals surface area contributed by atoms with Gasteiger partial charge in [-0.15, -0.1) is 0 Å². The Morgan fingerprint density at radius 1 is 1.00 bits per heavy atom. The Hall–Kier alpha value is -1.03. The quantitative estimate of drug-likeness (QED) is 0.850. The zero-order valence-corrected chi connectivity index (χ0v) is 14.3. The second-order valence-electron chi connectivity index (χ2n) is 5.80. The molecule has 0 spiro atoms. The van der Waals surface area contributed by atoms with Crippen LogP contribution in [0.5, 0.6) is 0 Å². The number of benzene rings is 1. The number of nitrogens with two attached hydrogens (primary N) is 1. The van der Waals surface area contributed by atoms with Crippen LogP contribution >= 0.6 is 0 Å². The highest BCUT2D eigenvalue weighted by Gasteiger charge is 2.24. The molecule has 9 heteroatoms. The number of nitrogens with one attached hydrogen (secondary N) is 1. The van der Waals surface area contributed by atoms with Gasteiger partial charge in [0.15, 0.2) is 0 Å². The Morgan fingerprint density at radius 2 is 1.57 bits per heavy atom. The molecule has 2 rings (SSSR count). The molecule has 0 radical (unpaired) electrons. The van der Waals surface area contributed by atoms with Crippen LogP contribution in [0.4, 0.5) is 4.39 Å². The summed E-state index contributed by atoms with van der Waals surface area (Å²) in [5.41, 5.74) is 0. The summed E-state index contributed by atoms with van der Waals surface area (Å²) in [4.78, 5) is -1.02. The van der Waals surface area contributed by atoms with E-state index in [0.717, 1.165) is 57.1 Å². The summed E-state index contributed by atoms with van der Waals surface area (Å²) in [7, 11) is -8.12. The Kier molecular flexibility index (Phi) is 5.77. The fourth-order valence-corrected chi connectivity index (χ4v) is 4.62. The van der Waals surface area contributed by atoms with E-state index in [4.69, 9.17) is 5.14 Å². The number of sulfonamides is 2. The molecule has 0 amide bonds. The van der Waals surface area contributed by atoms with Gasteiger partial charge in [-0.1, -0.05) is 32.1 Å². The third-order valence-electron chi connectivity index (χ3n) is 3.95. The number of hydrogen-bond donors (Lipinski definition) is 2. The van der Waals surface area contributed by atoms with Crippen LogP contribution in [0.1, 0.15) is 44.9 Å². The van der Waals surface area contributed by atoms with E-state index in [1.807, 2.05) is 0 Å². The molecular formula is C14H21FN2O4S2. The van der Waals surface area contributed by atoms with Gasteiger partial charge in [0, 0.05) is 6.04 Å². The summed E-state index contributed by atoms with van der Waals surface area (Å²) in [5, 5.41) is 4.91. The van der Waals surface area contributed by atoms with E-state index >= 15 is 0 Å². The maximum Gasteiger partial charge on any atom is 0.243 e. The molecule has 6 nitrogen and oxygen atoms in total. The Balaban J connectivity index is 2.22. The van der Waals surface area contributed by atoms with Crippen molar-refractivity contribution in [2.24, 2.45) is 5.14 Å². The van der Waals surface area contributed by atoms with Crippen LogP contribution in [-0.2, 0) is 20.0 Å². The third kappa shape index (κ3) is 4.97. The summed E-state index contributed by atoms with van der Waals surface area (Å²) in [5.74, 6) is -1.13. The molecule has 1 aliphatic rings. The zero-order valence-electron chi connectivity index (χ0n) is 12.7. The highest BCUT2D eigenvalue weighted by Crippen LogP contribution is 2.22. The number of rotatable bonds is 4. The van der Waals surface area contributed by atoms with Gasteiger partial charge in [-0.3, -0.25) is 0 Å². The number of halogens is 1. The van der Waals surface area contributed by atoms with E-state index in [2.05, 4.69) is 4.72 Å². The molecule has 0 atom stereocenters. The zero-order chi connectivity index (χ0) is 17.1. The molecular weight excluding hydrogens is 343 g/mol. The minimum absolute atomic E-state index is 0.224. The molecule has 1 fully saturated rings. The van der Waals surface area contributed by atoms with Crippen molar-refractivity contribution in [1.29, 1.82) is 0 Å². The van der Waals surface area contributed by atoms with E-state index in [9.17, 15) is 21.2 Å². The molecule has 1 aromatic carbocycles. The highest BCUT2D eigenvalue weighted by molar-refractivity contribution is 7.89. The molecule has 130 valence electrons. The van der Waals surface area contributed by atoms with Crippen molar-refractivity contribution < 1.29 is 21.2 Å². The Morgan fingerprint density at radius 3 is 2.09 bits per heavy atom. The molecule has 0 saturated heterocycles. The van der Waals surface area contributed by atoms with Crippen molar-refractivity contribution in [3.63, 3.8) is 0 Å². The maximum atomic E-state index is 14.0. The molecule has 1 aromatic rings. The van der Waals surface area contributed by atoms with Crippen LogP contribution in [0.25, 0.3) is 0 Å². The lowest BCUT2D eigenvalue weighted by molar-refractivity contribution is 0.425. The smallest absolute Gasteiger partial charge is 0.225 e. The summed E-state index contributed by atoms with van der Waals surface area (Å²) < 4.78 is 63.6. The van der Waals surface area contributed by atoms with Crippen LogP contribution in [0.2, 0.25) is 0 Å². The van der Waals surface area contributed by atoms with E-state index in [1.54, 1.807) is 0 Å². The predicted octanol–water partition coefficient (Wildman–Crippen LogP) is 1.86. The topological polar surface area (TPSA) is 106 Å². The van der Waals surface area contributed by atoms with Crippen molar-refractivity contribution in [2.75, 3.05) is 0 Å². The summed E-state index contributed by atoms with van der Waals surface area (Å²) in [6.45, 7) is 0. The van der Waals surface area contributed by atoms with Crippen LogP contribution in [0.3, 0.4) is 0 Å². The minimum atomic E-state index is -4.08. The van der Waals surface area contributed by atoms with E-state index in [1.165, 1.54) is 0 Å². The minimum Gasteiger partial charge on any atom is -0.225 e. The van der Waals surface area contributed by atoms with Gasteiger partial charge in [0.1, 0.15) is 10.7 Å². The van der Waals surface area contributed by atoms with Crippen molar-refractivity contribution >= 4 is 20.0 Å². The largest absolute Gasteiger partial charge is 0.243 e. The molecule has 0 unspecified atom stereocenters. The molecule has 0 heterocycles. The molecule has 3 N–H and O–H groups in total. The van der Waals surface area contributed by atoms with Gasteiger partial charge in [0.25, 0.3) is 0 Å². The maximum absolute atomic E-state index is 14.0. The number of hydrogen-bond acceptors (Lipinski definition) is 4. The lowest BCUT2D eigenvalue weighted by Crippen LogP contribution is -2.35. The van der Waals surface area contributed by atoms with Gasteiger partial charge in [0.2, 0.25) is 20.0 Å². The summed E-state index contributed by atoms with van der Waals surface area (Å²) in [6, 6.07) is 2.32. The third-order valence-corrected chi connectivity index (χ3v) is 6.41. The van der Waals surface area contributed by atoms with E-state index < -0.39 is 35.7 Å².